The number of hydrogen-bond donors (Lipinski definition) is 0. The zero-order chi connectivity index (χ0) is 7.11. The molecule has 0 N–H and O–H groups in total. The van der Waals surface area contributed by atoms with Crippen molar-refractivity contribution < 1.29 is 13.3 Å². The molecule has 0 aromatic heterocycles. The van der Waals surface area contributed by atoms with Crippen LogP contribution in [-0.2, 0) is 13.3 Å². The summed E-state index contributed by atoms with van der Waals surface area (Å²) < 4.78 is 20.0. The molecular formula is C5H12O3Si. The van der Waals surface area contributed by atoms with Crippen LogP contribution in [0.1, 0.15) is 20.3 Å². The van der Waals surface area contributed by atoms with Gasteiger partial charge in [0.25, 0.3) is 0 Å². The smallest absolute Gasteiger partial charge is 0.496 e. The predicted octanol–water partition coefficient (Wildman–Crippen LogP) is 0.865. The fraction of sp³-hybridized carbons (Fsp3) is 1.00. The maximum atomic E-state index is 10.5. The second kappa shape index (κ2) is 5.75. The molecule has 0 heterocycles. The third-order valence-corrected chi connectivity index (χ3v) is 1.65. The molecule has 0 rings (SSSR count). The number of hydrogen-bond acceptors (Lipinski definition) is 3. The minimum Gasteiger partial charge on any atom is -0.496 e. The van der Waals surface area contributed by atoms with Crippen molar-refractivity contribution in [2.24, 2.45) is 0 Å². The molecule has 0 aliphatic rings. The fourth-order valence-corrected chi connectivity index (χ4v) is 1.03. The lowest BCUT2D eigenvalue weighted by molar-refractivity contribution is 0.175. The highest BCUT2D eigenvalue weighted by Gasteiger charge is 2.06. The van der Waals surface area contributed by atoms with E-state index < -0.39 is 9.17 Å². The van der Waals surface area contributed by atoms with Gasteiger partial charge in [0, 0.05) is 0 Å². The summed E-state index contributed by atoms with van der Waals surface area (Å²) in [5, 5.41) is 0. The molecule has 0 saturated heterocycles. The maximum Gasteiger partial charge on any atom is 0.767 e. The summed E-state index contributed by atoms with van der Waals surface area (Å²) in [6.45, 7) is 4.73. The van der Waals surface area contributed by atoms with Crippen LogP contribution in [-0.4, -0.2) is 22.4 Å². The Balaban J connectivity index is 3.06. The highest BCUT2D eigenvalue weighted by atomic mass is 28.3. The molecule has 0 saturated carbocycles. The van der Waals surface area contributed by atoms with E-state index in [0.717, 1.165) is 6.42 Å². The van der Waals surface area contributed by atoms with Gasteiger partial charge in [-0.05, 0) is 13.3 Å². The average molecular weight is 148 g/mol. The van der Waals surface area contributed by atoms with Crippen molar-refractivity contribution >= 4 is 9.17 Å². The van der Waals surface area contributed by atoms with Crippen LogP contribution in [0.2, 0.25) is 0 Å². The van der Waals surface area contributed by atoms with Crippen molar-refractivity contribution in [1.29, 1.82) is 0 Å². The molecule has 0 unspecified atom stereocenters. The van der Waals surface area contributed by atoms with Gasteiger partial charge in [-0.25, -0.2) is 0 Å². The van der Waals surface area contributed by atoms with E-state index in [4.69, 9.17) is 4.43 Å². The summed E-state index contributed by atoms with van der Waals surface area (Å²) in [5.74, 6) is 0. The SMILES string of the molecule is CCCO[Si](=O)OCC. The molecule has 0 spiro atoms. The Morgan fingerprint density at radius 1 is 1.33 bits per heavy atom. The van der Waals surface area contributed by atoms with E-state index >= 15 is 0 Å². The van der Waals surface area contributed by atoms with E-state index in [1.54, 1.807) is 6.92 Å². The van der Waals surface area contributed by atoms with E-state index in [1.165, 1.54) is 0 Å². The molecule has 0 aromatic rings. The average Bonchev–Trinajstić information content (AvgIpc) is 1.85. The van der Waals surface area contributed by atoms with Crippen molar-refractivity contribution in [3.05, 3.63) is 0 Å². The van der Waals surface area contributed by atoms with E-state index in [0.29, 0.717) is 13.2 Å². The van der Waals surface area contributed by atoms with Gasteiger partial charge in [0.05, 0.1) is 13.2 Å². The largest absolute Gasteiger partial charge is 0.767 e. The first-order valence-electron chi connectivity index (χ1n) is 3.10. The third kappa shape index (κ3) is 5.49. The number of rotatable bonds is 5. The molecule has 0 atom stereocenters. The Morgan fingerprint density at radius 3 is 2.44 bits per heavy atom. The minimum atomic E-state index is -2.15. The van der Waals surface area contributed by atoms with Crippen LogP contribution in [0, 0.1) is 0 Å². The van der Waals surface area contributed by atoms with Gasteiger partial charge in [-0.3, -0.25) is 4.46 Å². The summed E-state index contributed by atoms with van der Waals surface area (Å²) in [4.78, 5) is 0. The van der Waals surface area contributed by atoms with E-state index in [9.17, 15) is 4.46 Å². The van der Waals surface area contributed by atoms with Crippen molar-refractivity contribution in [3.63, 3.8) is 0 Å². The van der Waals surface area contributed by atoms with Gasteiger partial charge in [0.15, 0.2) is 0 Å². The van der Waals surface area contributed by atoms with Crippen molar-refractivity contribution in [2.45, 2.75) is 20.3 Å². The molecule has 9 heavy (non-hydrogen) atoms. The van der Waals surface area contributed by atoms with Gasteiger partial charge < -0.3 is 8.85 Å². The predicted molar refractivity (Wildman–Crippen MR) is 34.3 cm³/mol. The normalized spacial score (nSPS) is 8.67. The summed E-state index contributed by atoms with van der Waals surface area (Å²) in [6, 6.07) is 0. The lowest BCUT2D eigenvalue weighted by Gasteiger charge is -1.99. The molecule has 0 radical (unpaired) electrons. The summed E-state index contributed by atoms with van der Waals surface area (Å²) in [6.07, 6.45) is 0.878. The van der Waals surface area contributed by atoms with Gasteiger partial charge in [0.1, 0.15) is 0 Å². The van der Waals surface area contributed by atoms with Gasteiger partial charge in [-0.2, -0.15) is 0 Å². The lowest BCUT2D eigenvalue weighted by Crippen LogP contribution is -2.12. The molecule has 0 aliphatic carbocycles. The van der Waals surface area contributed by atoms with E-state index in [-0.39, 0.29) is 0 Å². The Hall–Kier alpha value is -0.383. The van der Waals surface area contributed by atoms with Crippen LogP contribution in [0.5, 0.6) is 0 Å². The lowest BCUT2D eigenvalue weighted by atomic mass is 10.5. The summed E-state index contributed by atoms with van der Waals surface area (Å²) >= 11 is 0. The van der Waals surface area contributed by atoms with Crippen LogP contribution in [0.3, 0.4) is 0 Å². The standard InChI is InChI=1S/C5H12O3Si/c1-3-5-8-9(6)7-4-2/h3-5H2,1-2H3. The quantitative estimate of drug-likeness (QED) is 0.542. The molecule has 0 aliphatic heterocycles. The first kappa shape index (κ1) is 8.62. The highest BCUT2D eigenvalue weighted by Crippen LogP contribution is 1.81. The first-order chi connectivity index (χ1) is 4.31. The van der Waals surface area contributed by atoms with Crippen LogP contribution >= 0.6 is 0 Å². The monoisotopic (exact) mass is 148 g/mol. The van der Waals surface area contributed by atoms with Crippen LogP contribution in [0.15, 0.2) is 0 Å². The van der Waals surface area contributed by atoms with Gasteiger partial charge >= 0.3 is 9.17 Å². The fourth-order valence-electron chi connectivity index (χ4n) is 0.345. The molecule has 0 amide bonds. The molecule has 4 heteroatoms. The molecule has 54 valence electrons. The second-order valence-corrected chi connectivity index (χ2v) is 2.61. The molecule has 0 aromatic carbocycles. The zero-order valence-corrected chi connectivity index (χ0v) is 6.85. The van der Waals surface area contributed by atoms with Crippen molar-refractivity contribution in [2.75, 3.05) is 13.2 Å². The van der Waals surface area contributed by atoms with Crippen molar-refractivity contribution in [3.8, 4) is 0 Å². The van der Waals surface area contributed by atoms with Gasteiger partial charge in [-0.15, -0.1) is 0 Å². The Kier molecular flexibility index (Phi) is 5.50. The molecular weight excluding hydrogens is 136 g/mol. The van der Waals surface area contributed by atoms with Crippen molar-refractivity contribution in [1.82, 2.24) is 0 Å². The Bertz CT molecular complexity index is 84.3. The summed E-state index contributed by atoms with van der Waals surface area (Å²) in [7, 11) is -2.15. The first-order valence-corrected chi connectivity index (χ1v) is 4.33. The molecule has 3 nitrogen and oxygen atoms in total. The topological polar surface area (TPSA) is 35.5 Å². The molecule has 0 bridgehead atoms. The van der Waals surface area contributed by atoms with Crippen LogP contribution in [0.25, 0.3) is 0 Å². The van der Waals surface area contributed by atoms with Crippen LogP contribution in [0.4, 0.5) is 0 Å². The Labute approximate surface area is 56.9 Å². The van der Waals surface area contributed by atoms with Gasteiger partial charge in [0.2, 0.25) is 0 Å². The van der Waals surface area contributed by atoms with Crippen LogP contribution < -0.4 is 0 Å². The Morgan fingerprint density at radius 2 is 2.00 bits per heavy atom. The molecule has 0 fully saturated rings. The second-order valence-electron chi connectivity index (χ2n) is 1.53. The van der Waals surface area contributed by atoms with E-state index in [2.05, 4.69) is 4.43 Å². The minimum absolute atomic E-state index is 0.460. The van der Waals surface area contributed by atoms with E-state index in [1.807, 2.05) is 6.92 Å². The van der Waals surface area contributed by atoms with Gasteiger partial charge in [-0.1, -0.05) is 6.92 Å². The zero-order valence-electron chi connectivity index (χ0n) is 5.85. The third-order valence-electron chi connectivity index (χ3n) is 0.686. The highest BCUT2D eigenvalue weighted by molar-refractivity contribution is 6.26. The summed E-state index contributed by atoms with van der Waals surface area (Å²) in [5.41, 5.74) is 0. The maximum absolute atomic E-state index is 10.5.